The Hall–Kier alpha value is -2.16. The predicted molar refractivity (Wildman–Crippen MR) is 61.4 cm³/mol. The summed E-state index contributed by atoms with van der Waals surface area (Å²) in [4.78, 5) is 0. The second-order valence-corrected chi connectivity index (χ2v) is 3.33. The molecular weight excluding hydrogens is 200 g/mol. The van der Waals surface area contributed by atoms with Crippen LogP contribution in [0.25, 0.3) is 0 Å². The normalized spacial score (nSPS) is 9.75. The van der Waals surface area contributed by atoms with Crippen LogP contribution in [0.3, 0.4) is 0 Å². The summed E-state index contributed by atoms with van der Waals surface area (Å²) in [6.45, 7) is 0.393. The van der Waals surface area contributed by atoms with Gasteiger partial charge in [0.15, 0.2) is 0 Å². The van der Waals surface area contributed by atoms with Crippen LogP contribution in [0, 0.1) is 0 Å². The van der Waals surface area contributed by atoms with E-state index < -0.39 is 0 Å². The molecule has 0 saturated carbocycles. The van der Waals surface area contributed by atoms with Gasteiger partial charge in [0.1, 0.15) is 12.4 Å². The Morgan fingerprint density at radius 2 is 1.62 bits per heavy atom. The van der Waals surface area contributed by atoms with Gasteiger partial charge in [-0.1, -0.05) is 36.4 Å². The van der Waals surface area contributed by atoms with Gasteiger partial charge in [0.05, 0.1) is 5.69 Å². The van der Waals surface area contributed by atoms with Gasteiger partial charge in [-0.25, -0.2) is 0 Å². The van der Waals surface area contributed by atoms with E-state index in [0.717, 1.165) is 11.3 Å². The number of para-hydroxylation sites is 1. The molecule has 3 heteroatoms. The molecule has 0 aromatic heterocycles. The van der Waals surface area contributed by atoms with Crippen LogP contribution in [-0.4, -0.2) is 0 Å². The minimum absolute atomic E-state index is 0.393. The fourth-order valence-electron chi connectivity index (χ4n) is 1.41. The van der Waals surface area contributed by atoms with Crippen molar-refractivity contribution >= 4 is 5.69 Å². The second-order valence-electron chi connectivity index (χ2n) is 3.33. The van der Waals surface area contributed by atoms with Gasteiger partial charge in [-0.3, -0.25) is 0 Å². The first-order chi connectivity index (χ1) is 7.90. The zero-order chi connectivity index (χ0) is 11.2. The van der Waals surface area contributed by atoms with E-state index in [4.69, 9.17) is 10.3 Å². The zero-order valence-corrected chi connectivity index (χ0v) is 8.71. The summed E-state index contributed by atoms with van der Waals surface area (Å²) in [5.74, 6) is 0.801. The second kappa shape index (κ2) is 5.07. The SMILES string of the molecule is [N]=Nc1ccccc1COc1ccccc1. The van der Waals surface area contributed by atoms with Crippen LogP contribution in [0.1, 0.15) is 5.56 Å². The Morgan fingerprint density at radius 3 is 2.38 bits per heavy atom. The van der Waals surface area contributed by atoms with Crippen molar-refractivity contribution < 1.29 is 4.74 Å². The minimum atomic E-state index is 0.393. The van der Waals surface area contributed by atoms with Crippen LogP contribution in [0.2, 0.25) is 0 Å². The highest BCUT2D eigenvalue weighted by Gasteiger charge is 2.01. The van der Waals surface area contributed by atoms with E-state index in [0.29, 0.717) is 12.3 Å². The molecule has 1 radical (unpaired) electrons. The predicted octanol–water partition coefficient (Wildman–Crippen LogP) is 3.15. The third-order valence-corrected chi connectivity index (χ3v) is 2.24. The van der Waals surface area contributed by atoms with Crippen LogP contribution < -0.4 is 10.3 Å². The Balaban J connectivity index is 2.08. The molecule has 3 nitrogen and oxygen atoms in total. The Kier molecular flexibility index (Phi) is 3.28. The lowest BCUT2D eigenvalue weighted by Crippen LogP contribution is -1.95. The smallest absolute Gasteiger partial charge is 0.119 e. The van der Waals surface area contributed by atoms with Crippen LogP contribution in [0.5, 0.6) is 5.75 Å². The summed E-state index contributed by atoms with van der Waals surface area (Å²) in [6.07, 6.45) is 0. The van der Waals surface area contributed by atoms with E-state index in [9.17, 15) is 0 Å². The molecule has 79 valence electrons. The van der Waals surface area contributed by atoms with Crippen LogP contribution in [0.15, 0.2) is 59.7 Å². The van der Waals surface area contributed by atoms with Gasteiger partial charge in [0.25, 0.3) is 0 Å². The topological polar surface area (TPSA) is 43.9 Å². The molecule has 0 aliphatic heterocycles. The molecule has 0 amide bonds. The number of benzene rings is 2. The van der Waals surface area contributed by atoms with Crippen LogP contribution in [0.4, 0.5) is 5.69 Å². The van der Waals surface area contributed by atoms with Gasteiger partial charge < -0.3 is 4.74 Å². The molecule has 2 aromatic carbocycles. The summed E-state index contributed by atoms with van der Waals surface area (Å²) in [6, 6.07) is 16.9. The van der Waals surface area contributed by atoms with Crippen LogP contribution in [-0.2, 0) is 6.61 Å². The Bertz CT molecular complexity index is 468. The summed E-state index contributed by atoms with van der Waals surface area (Å²) in [5, 5.41) is 3.20. The third kappa shape index (κ3) is 2.45. The maximum atomic E-state index is 8.79. The Morgan fingerprint density at radius 1 is 0.938 bits per heavy atom. The fourth-order valence-corrected chi connectivity index (χ4v) is 1.41. The first-order valence-electron chi connectivity index (χ1n) is 5.01. The van der Waals surface area contributed by atoms with E-state index in [1.54, 1.807) is 6.07 Å². The van der Waals surface area contributed by atoms with E-state index in [2.05, 4.69) is 5.11 Å². The molecule has 0 fully saturated rings. The standard InChI is InChI=1S/C13H11N2O/c14-15-13-9-5-4-6-11(13)10-16-12-7-2-1-3-8-12/h1-9H,10H2. The van der Waals surface area contributed by atoms with E-state index in [1.807, 2.05) is 48.5 Å². The number of nitrogens with zero attached hydrogens (tertiary/aromatic N) is 2. The van der Waals surface area contributed by atoms with E-state index in [1.165, 1.54) is 0 Å². The Labute approximate surface area is 94.2 Å². The lowest BCUT2D eigenvalue weighted by molar-refractivity contribution is 0.306. The van der Waals surface area contributed by atoms with Crippen molar-refractivity contribution in [3.05, 3.63) is 60.2 Å². The van der Waals surface area contributed by atoms with Crippen molar-refractivity contribution in [1.82, 2.24) is 5.53 Å². The lowest BCUT2D eigenvalue weighted by Gasteiger charge is -2.07. The average molecular weight is 211 g/mol. The highest BCUT2D eigenvalue weighted by Crippen LogP contribution is 2.20. The summed E-state index contributed by atoms with van der Waals surface area (Å²) < 4.78 is 5.56. The summed E-state index contributed by atoms with van der Waals surface area (Å²) in [5.41, 5.74) is 10.2. The molecule has 0 bridgehead atoms. The number of hydrogen-bond donors (Lipinski definition) is 0. The van der Waals surface area contributed by atoms with E-state index >= 15 is 0 Å². The number of hydrogen-bond acceptors (Lipinski definition) is 2. The zero-order valence-electron chi connectivity index (χ0n) is 8.71. The van der Waals surface area contributed by atoms with Crippen molar-refractivity contribution in [2.24, 2.45) is 5.11 Å². The third-order valence-electron chi connectivity index (χ3n) is 2.24. The molecule has 0 aliphatic rings. The molecule has 0 spiro atoms. The van der Waals surface area contributed by atoms with Gasteiger partial charge >= 0.3 is 0 Å². The monoisotopic (exact) mass is 211 g/mol. The molecule has 2 rings (SSSR count). The largest absolute Gasteiger partial charge is 0.489 e. The quantitative estimate of drug-likeness (QED) is 0.716. The van der Waals surface area contributed by atoms with Crippen molar-refractivity contribution in [3.8, 4) is 5.75 Å². The van der Waals surface area contributed by atoms with Gasteiger partial charge in [-0.05, 0) is 23.7 Å². The summed E-state index contributed by atoms with van der Waals surface area (Å²) in [7, 11) is 0. The molecule has 0 saturated heterocycles. The highest BCUT2D eigenvalue weighted by molar-refractivity contribution is 5.44. The van der Waals surface area contributed by atoms with Crippen molar-refractivity contribution in [1.29, 1.82) is 0 Å². The molecule has 0 N–H and O–H groups in total. The molecule has 0 unspecified atom stereocenters. The van der Waals surface area contributed by atoms with Crippen molar-refractivity contribution in [2.45, 2.75) is 6.61 Å². The maximum Gasteiger partial charge on any atom is 0.119 e. The first-order valence-corrected chi connectivity index (χ1v) is 5.01. The molecule has 0 aliphatic carbocycles. The molecule has 0 heterocycles. The minimum Gasteiger partial charge on any atom is -0.489 e. The van der Waals surface area contributed by atoms with Crippen molar-refractivity contribution in [2.75, 3.05) is 0 Å². The van der Waals surface area contributed by atoms with Gasteiger partial charge in [-0.15, -0.1) is 5.11 Å². The first kappa shape index (κ1) is 10.4. The van der Waals surface area contributed by atoms with Gasteiger partial charge in [0, 0.05) is 5.56 Å². The van der Waals surface area contributed by atoms with Gasteiger partial charge in [0.2, 0.25) is 0 Å². The van der Waals surface area contributed by atoms with Crippen LogP contribution >= 0.6 is 0 Å². The lowest BCUT2D eigenvalue weighted by atomic mass is 10.2. The molecular formula is C13H11N2O. The number of rotatable bonds is 4. The number of ether oxygens (including phenoxy) is 1. The van der Waals surface area contributed by atoms with Gasteiger partial charge in [-0.2, -0.15) is 0 Å². The maximum absolute atomic E-state index is 8.79. The fraction of sp³-hybridized carbons (Fsp3) is 0.0769. The van der Waals surface area contributed by atoms with Crippen molar-refractivity contribution in [3.63, 3.8) is 0 Å². The highest BCUT2D eigenvalue weighted by atomic mass is 16.5. The average Bonchev–Trinajstić information content (AvgIpc) is 2.38. The molecule has 0 atom stereocenters. The molecule has 16 heavy (non-hydrogen) atoms. The molecule has 2 aromatic rings. The summed E-state index contributed by atoms with van der Waals surface area (Å²) >= 11 is 0. The van der Waals surface area contributed by atoms with E-state index in [-0.39, 0.29) is 0 Å².